The maximum absolute atomic E-state index is 8.80. The molecule has 0 spiro atoms. The molecule has 0 aliphatic carbocycles. The molecule has 3 N–H and O–H groups in total. The van der Waals surface area contributed by atoms with E-state index < -0.39 is 0 Å². The average molecular weight is 191 g/mol. The molecule has 2 aromatic rings. The first kappa shape index (κ1) is 9.18. The second-order valence-corrected chi connectivity index (χ2v) is 3.25. The van der Waals surface area contributed by atoms with Crippen molar-refractivity contribution in [3.8, 4) is 0 Å². The van der Waals surface area contributed by atoms with Crippen LogP contribution in [0.15, 0.2) is 30.6 Å². The van der Waals surface area contributed by atoms with Gasteiger partial charge in [0.15, 0.2) is 0 Å². The Morgan fingerprint density at radius 3 is 3.14 bits per heavy atom. The molecule has 14 heavy (non-hydrogen) atoms. The zero-order chi connectivity index (χ0) is 9.97. The largest absolute Gasteiger partial charge is 0.396 e. The monoisotopic (exact) mass is 191 g/mol. The Morgan fingerprint density at radius 2 is 2.36 bits per heavy atom. The standard InChI is InChI=1S/C10H13N3O/c11-9(4-6-14)8-7-12-13-5-2-1-3-10(8)13/h1-3,5,7,9,14H,4,6,11H2/t9-/m1/s1. The van der Waals surface area contributed by atoms with Gasteiger partial charge in [0, 0.05) is 24.4 Å². The number of hydrogen-bond acceptors (Lipinski definition) is 3. The molecule has 0 unspecified atom stereocenters. The normalized spacial score (nSPS) is 13.3. The molecule has 2 aromatic heterocycles. The van der Waals surface area contributed by atoms with Crippen molar-refractivity contribution in [2.45, 2.75) is 12.5 Å². The Hall–Kier alpha value is -1.39. The van der Waals surface area contributed by atoms with Crippen LogP contribution in [0.3, 0.4) is 0 Å². The number of rotatable bonds is 3. The van der Waals surface area contributed by atoms with Crippen LogP contribution in [0.25, 0.3) is 5.52 Å². The molecule has 0 fully saturated rings. The molecule has 0 saturated heterocycles. The molecule has 4 nitrogen and oxygen atoms in total. The van der Waals surface area contributed by atoms with Crippen molar-refractivity contribution in [1.29, 1.82) is 0 Å². The first-order valence-electron chi connectivity index (χ1n) is 4.61. The highest BCUT2D eigenvalue weighted by Gasteiger charge is 2.10. The quantitative estimate of drug-likeness (QED) is 0.751. The van der Waals surface area contributed by atoms with Crippen LogP contribution in [0.2, 0.25) is 0 Å². The Kier molecular flexibility index (Phi) is 2.47. The highest BCUT2D eigenvalue weighted by Crippen LogP contribution is 2.18. The van der Waals surface area contributed by atoms with Crippen molar-refractivity contribution < 1.29 is 5.11 Å². The molecule has 74 valence electrons. The van der Waals surface area contributed by atoms with E-state index in [9.17, 15) is 0 Å². The summed E-state index contributed by atoms with van der Waals surface area (Å²) >= 11 is 0. The number of pyridine rings is 1. The smallest absolute Gasteiger partial charge is 0.0709 e. The van der Waals surface area contributed by atoms with Crippen molar-refractivity contribution in [2.24, 2.45) is 5.73 Å². The van der Waals surface area contributed by atoms with Crippen LogP contribution >= 0.6 is 0 Å². The molecule has 0 radical (unpaired) electrons. The van der Waals surface area contributed by atoms with Gasteiger partial charge in [-0.3, -0.25) is 0 Å². The van der Waals surface area contributed by atoms with Crippen LogP contribution in [0.1, 0.15) is 18.0 Å². The van der Waals surface area contributed by atoms with Crippen LogP contribution < -0.4 is 5.73 Å². The van der Waals surface area contributed by atoms with E-state index in [4.69, 9.17) is 10.8 Å². The van der Waals surface area contributed by atoms with Gasteiger partial charge in [-0.2, -0.15) is 5.10 Å². The lowest BCUT2D eigenvalue weighted by molar-refractivity contribution is 0.277. The lowest BCUT2D eigenvalue weighted by atomic mass is 10.1. The predicted octanol–water partition coefficient (Wildman–Crippen LogP) is 0.716. The van der Waals surface area contributed by atoms with E-state index in [0.717, 1.165) is 11.1 Å². The summed E-state index contributed by atoms with van der Waals surface area (Å²) in [5.41, 5.74) is 7.90. The lowest BCUT2D eigenvalue weighted by Gasteiger charge is -2.07. The molecule has 4 heteroatoms. The lowest BCUT2D eigenvalue weighted by Crippen LogP contribution is -2.11. The van der Waals surface area contributed by atoms with E-state index in [-0.39, 0.29) is 12.6 Å². The number of aliphatic hydroxyl groups is 1. The van der Waals surface area contributed by atoms with Crippen molar-refractivity contribution >= 4 is 5.52 Å². The van der Waals surface area contributed by atoms with Crippen molar-refractivity contribution in [3.63, 3.8) is 0 Å². The number of aromatic nitrogens is 2. The fourth-order valence-corrected chi connectivity index (χ4v) is 1.53. The molecule has 0 aliphatic rings. The summed E-state index contributed by atoms with van der Waals surface area (Å²) in [6.07, 6.45) is 4.20. The highest BCUT2D eigenvalue weighted by atomic mass is 16.3. The third-order valence-electron chi connectivity index (χ3n) is 2.30. The SMILES string of the molecule is N[C@H](CCO)c1cnn2ccccc12. The highest BCUT2D eigenvalue weighted by molar-refractivity contribution is 5.54. The summed E-state index contributed by atoms with van der Waals surface area (Å²) in [6, 6.07) is 5.70. The van der Waals surface area contributed by atoms with Crippen LogP contribution in [-0.4, -0.2) is 21.3 Å². The summed E-state index contributed by atoms with van der Waals surface area (Å²) < 4.78 is 1.78. The number of aliphatic hydroxyl groups excluding tert-OH is 1. The molecular formula is C10H13N3O. The van der Waals surface area contributed by atoms with E-state index in [0.29, 0.717) is 6.42 Å². The molecule has 1 atom stereocenters. The van der Waals surface area contributed by atoms with Crippen molar-refractivity contribution in [1.82, 2.24) is 9.61 Å². The fourth-order valence-electron chi connectivity index (χ4n) is 1.53. The minimum absolute atomic E-state index is 0.103. The molecule has 2 heterocycles. The zero-order valence-electron chi connectivity index (χ0n) is 7.80. The molecule has 0 saturated carbocycles. The van der Waals surface area contributed by atoms with Gasteiger partial charge in [0.25, 0.3) is 0 Å². The van der Waals surface area contributed by atoms with Gasteiger partial charge in [-0.15, -0.1) is 0 Å². The number of nitrogens with zero attached hydrogens (tertiary/aromatic N) is 2. The van der Waals surface area contributed by atoms with Crippen LogP contribution in [0, 0.1) is 0 Å². The number of hydrogen-bond donors (Lipinski definition) is 2. The summed E-state index contributed by atoms with van der Waals surface area (Å²) in [7, 11) is 0. The van der Waals surface area contributed by atoms with Crippen LogP contribution in [-0.2, 0) is 0 Å². The molecule has 0 aliphatic heterocycles. The van der Waals surface area contributed by atoms with Gasteiger partial charge in [0.2, 0.25) is 0 Å². The third kappa shape index (κ3) is 1.49. The molecule has 0 bridgehead atoms. The Bertz CT molecular complexity index is 424. The first-order valence-corrected chi connectivity index (χ1v) is 4.61. The molecule has 0 amide bonds. The van der Waals surface area contributed by atoms with Gasteiger partial charge < -0.3 is 10.8 Å². The second kappa shape index (κ2) is 3.77. The maximum Gasteiger partial charge on any atom is 0.0709 e. The van der Waals surface area contributed by atoms with Gasteiger partial charge in [-0.1, -0.05) is 6.07 Å². The van der Waals surface area contributed by atoms with E-state index in [1.165, 1.54) is 0 Å². The minimum atomic E-state index is -0.139. The van der Waals surface area contributed by atoms with E-state index in [1.807, 2.05) is 24.4 Å². The van der Waals surface area contributed by atoms with Gasteiger partial charge in [-0.25, -0.2) is 4.52 Å². The third-order valence-corrected chi connectivity index (χ3v) is 2.30. The summed E-state index contributed by atoms with van der Waals surface area (Å²) in [4.78, 5) is 0. The van der Waals surface area contributed by atoms with Crippen molar-refractivity contribution in [2.75, 3.05) is 6.61 Å². The van der Waals surface area contributed by atoms with Gasteiger partial charge in [0.05, 0.1) is 11.7 Å². The maximum atomic E-state index is 8.80. The van der Waals surface area contributed by atoms with Crippen LogP contribution in [0.5, 0.6) is 0 Å². The Balaban J connectivity index is 2.42. The minimum Gasteiger partial charge on any atom is -0.396 e. The summed E-state index contributed by atoms with van der Waals surface area (Å²) in [6.45, 7) is 0.103. The van der Waals surface area contributed by atoms with Gasteiger partial charge in [-0.05, 0) is 18.6 Å². The fraction of sp³-hybridized carbons (Fsp3) is 0.300. The molecular weight excluding hydrogens is 178 g/mol. The summed E-state index contributed by atoms with van der Waals surface area (Å²) in [5.74, 6) is 0. The van der Waals surface area contributed by atoms with E-state index in [1.54, 1.807) is 10.7 Å². The zero-order valence-corrected chi connectivity index (χ0v) is 7.80. The molecule has 0 aromatic carbocycles. The van der Waals surface area contributed by atoms with E-state index in [2.05, 4.69) is 5.10 Å². The summed E-state index contributed by atoms with van der Waals surface area (Å²) in [5, 5.41) is 13.0. The predicted molar refractivity (Wildman–Crippen MR) is 53.8 cm³/mol. The molecule has 2 rings (SSSR count). The number of fused-ring (bicyclic) bond motifs is 1. The van der Waals surface area contributed by atoms with Crippen molar-refractivity contribution in [3.05, 3.63) is 36.2 Å². The number of nitrogens with two attached hydrogens (primary N) is 1. The average Bonchev–Trinajstić information content (AvgIpc) is 2.61. The van der Waals surface area contributed by atoms with E-state index >= 15 is 0 Å². The Morgan fingerprint density at radius 1 is 1.50 bits per heavy atom. The van der Waals surface area contributed by atoms with Gasteiger partial charge >= 0.3 is 0 Å². The Labute approximate surface area is 82.0 Å². The second-order valence-electron chi connectivity index (χ2n) is 3.25. The topological polar surface area (TPSA) is 63.5 Å². The first-order chi connectivity index (χ1) is 6.83. The van der Waals surface area contributed by atoms with Gasteiger partial charge in [0.1, 0.15) is 0 Å². The van der Waals surface area contributed by atoms with Crippen LogP contribution in [0.4, 0.5) is 0 Å².